The average Bonchev–Trinajstić information content (AvgIpc) is 2.88. The fourth-order valence-electron chi connectivity index (χ4n) is 3.89. The van der Waals surface area contributed by atoms with E-state index in [2.05, 4.69) is 15.5 Å². The molecule has 2 atom stereocenters. The van der Waals surface area contributed by atoms with Crippen molar-refractivity contribution >= 4 is 29.3 Å². The number of hydrogen-bond acceptors (Lipinski definition) is 5. The van der Waals surface area contributed by atoms with Gasteiger partial charge in [-0.2, -0.15) is 0 Å². The lowest BCUT2D eigenvalue weighted by atomic mass is 9.99. The molecule has 29 heavy (non-hydrogen) atoms. The average molecular weight is 423 g/mol. The molecule has 2 heterocycles. The molecule has 0 aliphatic carbocycles. The zero-order chi connectivity index (χ0) is 21.0. The molecule has 0 bridgehead atoms. The van der Waals surface area contributed by atoms with Gasteiger partial charge in [0.25, 0.3) is 5.91 Å². The van der Waals surface area contributed by atoms with Crippen LogP contribution in [0.5, 0.6) is 5.75 Å². The Morgan fingerprint density at radius 3 is 2.76 bits per heavy atom. The van der Waals surface area contributed by atoms with Gasteiger partial charge >= 0.3 is 0 Å². The predicted octanol–water partition coefficient (Wildman–Crippen LogP) is 0.747. The smallest absolute Gasteiger partial charge is 0.253 e. The first kappa shape index (κ1) is 21.4. The molecule has 158 valence electrons. The van der Waals surface area contributed by atoms with E-state index in [1.165, 1.54) is 0 Å². The summed E-state index contributed by atoms with van der Waals surface area (Å²) in [7, 11) is 3.48. The molecule has 2 fully saturated rings. The third-order valence-corrected chi connectivity index (χ3v) is 5.70. The van der Waals surface area contributed by atoms with E-state index in [-0.39, 0.29) is 36.2 Å². The Labute approximate surface area is 175 Å². The highest BCUT2D eigenvalue weighted by Crippen LogP contribution is 2.23. The summed E-state index contributed by atoms with van der Waals surface area (Å²) >= 11 is 6.21. The number of nitrogens with zero attached hydrogens (tertiary/aromatic N) is 2. The van der Waals surface area contributed by atoms with Gasteiger partial charge in [0, 0.05) is 32.2 Å². The third-order valence-electron chi connectivity index (χ3n) is 5.38. The number of piperazine rings is 1. The molecule has 8 nitrogen and oxygen atoms in total. The van der Waals surface area contributed by atoms with Gasteiger partial charge in [0.2, 0.25) is 11.8 Å². The van der Waals surface area contributed by atoms with Gasteiger partial charge in [-0.1, -0.05) is 11.6 Å². The fraction of sp³-hybridized carbons (Fsp3) is 0.550. The maximum Gasteiger partial charge on any atom is 0.253 e. The van der Waals surface area contributed by atoms with E-state index < -0.39 is 0 Å². The van der Waals surface area contributed by atoms with Crippen LogP contribution in [0.1, 0.15) is 23.2 Å². The zero-order valence-electron chi connectivity index (χ0n) is 16.7. The number of likely N-dealkylation sites (N-methyl/N-ethyl adjacent to an activating group) is 1. The molecule has 2 N–H and O–H groups in total. The number of amides is 3. The Kier molecular flexibility index (Phi) is 6.97. The van der Waals surface area contributed by atoms with E-state index in [1.54, 1.807) is 30.2 Å². The quantitative estimate of drug-likeness (QED) is 0.747. The number of ether oxygens (including phenoxy) is 1. The normalized spacial score (nSPS) is 23.1. The van der Waals surface area contributed by atoms with Crippen molar-refractivity contribution in [2.75, 3.05) is 46.9 Å². The lowest BCUT2D eigenvalue weighted by molar-refractivity contribution is -0.141. The number of hydrogen-bond donors (Lipinski definition) is 2. The van der Waals surface area contributed by atoms with Crippen molar-refractivity contribution < 1.29 is 19.1 Å². The van der Waals surface area contributed by atoms with Crippen LogP contribution in [0.4, 0.5) is 0 Å². The number of nitrogens with one attached hydrogen (secondary N) is 2. The SMILES string of the molecule is COc1ccc(C(=O)N[C@H]2CC[C@@H](C(=O)N3CCNC(=O)C3)CN(C)C2)c(Cl)c1. The summed E-state index contributed by atoms with van der Waals surface area (Å²) < 4.78 is 5.12. The molecule has 3 amide bonds. The highest BCUT2D eigenvalue weighted by Gasteiger charge is 2.32. The minimum atomic E-state index is -0.242. The fourth-order valence-corrected chi connectivity index (χ4v) is 4.14. The summed E-state index contributed by atoms with van der Waals surface area (Å²) in [5.74, 6) is 0.0596. The molecular formula is C20H27ClN4O4. The van der Waals surface area contributed by atoms with Crippen molar-refractivity contribution in [1.82, 2.24) is 20.4 Å². The lowest BCUT2D eigenvalue weighted by Crippen LogP contribution is -2.52. The molecule has 0 radical (unpaired) electrons. The van der Waals surface area contributed by atoms with Gasteiger partial charge in [0.1, 0.15) is 5.75 Å². The second-order valence-electron chi connectivity index (χ2n) is 7.62. The molecule has 2 aliphatic rings. The molecular weight excluding hydrogens is 396 g/mol. The van der Waals surface area contributed by atoms with Crippen LogP contribution >= 0.6 is 11.6 Å². The van der Waals surface area contributed by atoms with Crippen LogP contribution in [-0.4, -0.2) is 80.4 Å². The van der Waals surface area contributed by atoms with Gasteiger partial charge in [-0.25, -0.2) is 0 Å². The number of benzene rings is 1. The number of rotatable bonds is 4. The maximum absolute atomic E-state index is 12.9. The van der Waals surface area contributed by atoms with Crippen LogP contribution in [0.15, 0.2) is 18.2 Å². The van der Waals surface area contributed by atoms with Crippen molar-refractivity contribution in [2.24, 2.45) is 5.92 Å². The molecule has 1 aromatic carbocycles. The molecule has 2 aliphatic heterocycles. The zero-order valence-corrected chi connectivity index (χ0v) is 17.5. The number of halogens is 1. The Morgan fingerprint density at radius 2 is 2.07 bits per heavy atom. The van der Waals surface area contributed by atoms with Crippen molar-refractivity contribution in [2.45, 2.75) is 18.9 Å². The van der Waals surface area contributed by atoms with Crippen molar-refractivity contribution in [3.05, 3.63) is 28.8 Å². The summed E-state index contributed by atoms with van der Waals surface area (Å²) in [6, 6.07) is 4.86. The Hall–Kier alpha value is -2.32. The molecule has 2 saturated heterocycles. The van der Waals surface area contributed by atoms with Crippen LogP contribution in [0.3, 0.4) is 0 Å². The van der Waals surface area contributed by atoms with Crippen LogP contribution in [0.2, 0.25) is 5.02 Å². The second kappa shape index (κ2) is 9.45. The van der Waals surface area contributed by atoms with Gasteiger partial charge in [-0.15, -0.1) is 0 Å². The molecule has 0 aromatic heterocycles. The summed E-state index contributed by atoms with van der Waals surface area (Å²) in [5.41, 5.74) is 0.395. The Morgan fingerprint density at radius 1 is 1.28 bits per heavy atom. The topological polar surface area (TPSA) is 91.0 Å². The minimum Gasteiger partial charge on any atom is -0.497 e. The molecule has 0 spiro atoms. The summed E-state index contributed by atoms with van der Waals surface area (Å²) in [5, 5.41) is 6.11. The molecule has 1 aromatic rings. The van der Waals surface area contributed by atoms with Gasteiger partial charge in [-0.3, -0.25) is 14.4 Å². The summed E-state index contributed by atoms with van der Waals surface area (Å²) in [6.45, 7) is 2.40. The van der Waals surface area contributed by atoms with E-state index in [0.29, 0.717) is 55.4 Å². The second-order valence-corrected chi connectivity index (χ2v) is 8.03. The summed E-state index contributed by atoms with van der Waals surface area (Å²) in [4.78, 5) is 40.8. The first-order valence-electron chi connectivity index (χ1n) is 9.75. The molecule has 3 rings (SSSR count). The standard InChI is InChI=1S/C20H27ClN4O4/c1-24-10-13(20(28)25-8-7-22-18(26)12-25)3-4-14(11-24)23-19(27)16-6-5-15(29-2)9-17(16)21/h5-6,9,13-14H,3-4,7-8,10-12H2,1-2H3,(H,22,26)(H,23,27)/t13-,14+/m1/s1. The number of likely N-dealkylation sites (tertiary alicyclic amines) is 1. The molecule has 0 unspecified atom stereocenters. The largest absolute Gasteiger partial charge is 0.497 e. The number of methoxy groups -OCH3 is 1. The van der Waals surface area contributed by atoms with E-state index >= 15 is 0 Å². The van der Waals surface area contributed by atoms with Gasteiger partial charge in [0.05, 0.1) is 30.2 Å². The highest BCUT2D eigenvalue weighted by atomic mass is 35.5. The summed E-state index contributed by atoms with van der Waals surface area (Å²) in [6.07, 6.45) is 1.34. The van der Waals surface area contributed by atoms with Crippen molar-refractivity contribution in [3.63, 3.8) is 0 Å². The Bertz CT molecular complexity index is 788. The first-order valence-corrected chi connectivity index (χ1v) is 10.1. The van der Waals surface area contributed by atoms with E-state index in [1.807, 2.05) is 7.05 Å². The Balaban J connectivity index is 1.61. The molecule has 9 heteroatoms. The van der Waals surface area contributed by atoms with Gasteiger partial charge < -0.3 is 25.2 Å². The highest BCUT2D eigenvalue weighted by molar-refractivity contribution is 6.34. The monoisotopic (exact) mass is 422 g/mol. The number of carbonyl (C=O) groups is 3. The van der Waals surface area contributed by atoms with Crippen molar-refractivity contribution in [3.8, 4) is 5.75 Å². The lowest BCUT2D eigenvalue weighted by Gasteiger charge is -2.30. The minimum absolute atomic E-state index is 0.0110. The van der Waals surface area contributed by atoms with E-state index in [9.17, 15) is 14.4 Å². The predicted molar refractivity (Wildman–Crippen MR) is 109 cm³/mol. The maximum atomic E-state index is 12.9. The third kappa shape index (κ3) is 5.39. The van der Waals surface area contributed by atoms with Gasteiger partial charge in [-0.05, 0) is 38.1 Å². The van der Waals surface area contributed by atoms with Crippen LogP contribution < -0.4 is 15.4 Å². The van der Waals surface area contributed by atoms with E-state index in [4.69, 9.17) is 16.3 Å². The first-order chi connectivity index (χ1) is 13.9. The van der Waals surface area contributed by atoms with Crippen molar-refractivity contribution in [1.29, 1.82) is 0 Å². The number of carbonyl (C=O) groups excluding carboxylic acids is 3. The van der Waals surface area contributed by atoms with Crippen LogP contribution in [-0.2, 0) is 9.59 Å². The van der Waals surface area contributed by atoms with E-state index in [0.717, 1.165) is 0 Å². The van der Waals surface area contributed by atoms with Crippen LogP contribution in [0.25, 0.3) is 0 Å². The van der Waals surface area contributed by atoms with Crippen LogP contribution in [0, 0.1) is 5.92 Å². The molecule has 0 saturated carbocycles. The van der Waals surface area contributed by atoms with Gasteiger partial charge in [0.15, 0.2) is 0 Å².